The van der Waals surface area contributed by atoms with E-state index in [2.05, 4.69) is 20.8 Å². The highest BCUT2D eigenvalue weighted by Crippen LogP contribution is 2.07. The number of carbonyl (C=O) groups is 1. The second-order valence-electron chi connectivity index (χ2n) is 3.55. The van der Waals surface area contributed by atoms with Gasteiger partial charge in [-0.2, -0.15) is 0 Å². The van der Waals surface area contributed by atoms with Crippen LogP contribution in [0.25, 0.3) is 0 Å². The Hall–Kier alpha value is -0.790. The maximum absolute atomic E-state index is 11.4. The van der Waals surface area contributed by atoms with E-state index in [4.69, 9.17) is 4.74 Å². The molecule has 0 aliphatic carbocycles. The molecule has 0 aromatic rings. The molecule has 0 N–H and O–H groups in total. The minimum Gasteiger partial charge on any atom is -0.460 e. The summed E-state index contributed by atoms with van der Waals surface area (Å²) in [6.07, 6.45) is 5.51. The van der Waals surface area contributed by atoms with E-state index in [0.29, 0.717) is 0 Å². The molecule has 1 unspecified atom stereocenters. The van der Waals surface area contributed by atoms with Gasteiger partial charge in [0.2, 0.25) is 0 Å². The third-order valence-corrected chi connectivity index (χ3v) is 2.24. The zero-order valence-electron chi connectivity index (χ0n) is 9.80. The summed E-state index contributed by atoms with van der Waals surface area (Å²) in [6, 6.07) is 0. The summed E-state index contributed by atoms with van der Waals surface area (Å²) in [7, 11) is 0. The van der Waals surface area contributed by atoms with Crippen molar-refractivity contribution in [3.8, 4) is 0 Å². The Kier molecular flexibility index (Phi) is 7.17. The van der Waals surface area contributed by atoms with Gasteiger partial charge in [0.1, 0.15) is 0 Å². The van der Waals surface area contributed by atoms with Gasteiger partial charge in [0.05, 0.1) is 6.10 Å². The Labute approximate surface area is 87.3 Å². The highest BCUT2D eigenvalue weighted by molar-refractivity contribution is 5.82. The number of rotatable bonds is 6. The Bertz CT molecular complexity index is 188. The van der Waals surface area contributed by atoms with Crippen LogP contribution in [0.15, 0.2) is 11.6 Å². The first-order chi connectivity index (χ1) is 6.63. The van der Waals surface area contributed by atoms with Gasteiger partial charge in [-0.1, -0.05) is 32.8 Å². The van der Waals surface area contributed by atoms with Gasteiger partial charge in [0, 0.05) is 6.08 Å². The second-order valence-corrected chi connectivity index (χ2v) is 3.55. The molecule has 1 atom stereocenters. The van der Waals surface area contributed by atoms with Crippen LogP contribution in [0.1, 0.15) is 53.4 Å². The van der Waals surface area contributed by atoms with Gasteiger partial charge in [0.15, 0.2) is 0 Å². The van der Waals surface area contributed by atoms with Crippen molar-refractivity contribution >= 4 is 5.97 Å². The minimum absolute atomic E-state index is 0.0405. The van der Waals surface area contributed by atoms with Crippen LogP contribution < -0.4 is 0 Å². The SMILES string of the molecule is CCCC(C)OC(=O)C=C(CC)CC. The first-order valence-electron chi connectivity index (χ1n) is 5.54. The van der Waals surface area contributed by atoms with Crippen molar-refractivity contribution in [2.45, 2.75) is 59.5 Å². The highest BCUT2D eigenvalue weighted by atomic mass is 16.5. The van der Waals surface area contributed by atoms with Crippen LogP contribution in [0, 0.1) is 0 Å². The van der Waals surface area contributed by atoms with Gasteiger partial charge < -0.3 is 4.74 Å². The molecule has 2 nitrogen and oxygen atoms in total. The molecule has 0 bridgehead atoms. The Morgan fingerprint density at radius 1 is 1.29 bits per heavy atom. The lowest BCUT2D eigenvalue weighted by molar-refractivity contribution is -0.142. The molecule has 0 saturated heterocycles. The first kappa shape index (κ1) is 13.2. The normalized spacial score (nSPS) is 12.0. The van der Waals surface area contributed by atoms with Gasteiger partial charge in [-0.05, 0) is 26.2 Å². The van der Waals surface area contributed by atoms with E-state index in [1.54, 1.807) is 6.08 Å². The molecular formula is C12H22O2. The van der Waals surface area contributed by atoms with Crippen LogP contribution in [0.5, 0.6) is 0 Å². The van der Waals surface area contributed by atoms with Gasteiger partial charge in [-0.15, -0.1) is 0 Å². The average molecular weight is 198 g/mol. The molecule has 0 aliphatic heterocycles. The number of esters is 1. The third kappa shape index (κ3) is 5.79. The lowest BCUT2D eigenvalue weighted by Gasteiger charge is -2.10. The van der Waals surface area contributed by atoms with Crippen molar-refractivity contribution in [1.29, 1.82) is 0 Å². The van der Waals surface area contributed by atoms with Crippen LogP contribution in [0.3, 0.4) is 0 Å². The molecule has 0 aromatic carbocycles. The topological polar surface area (TPSA) is 26.3 Å². The first-order valence-corrected chi connectivity index (χ1v) is 5.54. The van der Waals surface area contributed by atoms with Gasteiger partial charge in [-0.3, -0.25) is 0 Å². The molecule has 0 spiro atoms. The van der Waals surface area contributed by atoms with Gasteiger partial charge in [-0.25, -0.2) is 4.79 Å². The summed E-state index contributed by atoms with van der Waals surface area (Å²) in [4.78, 5) is 11.4. The lowest BCUT2D eigenvalue weighted by Crippen LogP contribution is -2.12. The van der Waals surface area contributed by atoms with Crippen LogP contribution >= 0.6 is 0 Å². The van der Waals surface area contributed by atoms with Crippen LogP contribution in [-0.2, 0) is 9.53 Å². The second kappa shape index (κ2) is 7.60. The number of hydrogen-bond acceptors (Lipinski definition) is 2. The maximum atomic E-state index is 11.4. The average Bonchev–Trinajstić information content (AvgIpc) is 2.14. The van der Waals surface area contributed by atoms with Gasteiger partial charge >= 0.3 is 5.97 Å². The molecule has 0 aromatic heterocycles. The molecule has 2 heteroatoms. The number of hydrogen-bond donors (Lipinski definition) is 0. The zero-order chi connectivity index (χ0) is 11.0. The van der Waals surface area contributed by atoms with Crippen LogP contribution in [0.4, 0.5) is 0 Å². The molecule has 0 rings (SSSR count). The third-order valence-electron chi connectivity index (χ3n) is 2.24. The van der Waals surface area contributed by atoms with E-state index in [9.17, 15) is 4.79 Å². The van der Waals surface area contributed by atoms with Crippen molar-refractivity contribution in [3.05, 3.63) is 11.6 Å². The fourth-order valence-corrected chi connectivity index (χ4v) is 1.32. The summed E-state index contributed by atoms with van der Waals surface area (Å²) in [5.74, 6) is -0.190. The standard InChI is InChI=1S/C12H22O2/c1-5-8-10(4)14-12(13)9-11(6-2)7-3/h9-10H,5-8H2,1-4H3. The molecule has 0 saturated carbocycles. The van der Waals surface area contributed by atoms with Gasteiger partial charge in [0.25, 0.3) is 0 Å². The minimum atomic E-state index is -0.190. The summed E-state index contributed by atoms with van der Waals surface area (Å²) in [5, 5.41) is 0. The summed E-state index contributed by atoms with van der Waals surface area (Å²) in [5.41, 5.74) is 1.15. The monoisotopic (exact) mass is 198 g/mol. The molecule has 0 fully saturated rings. The predicted molar refractivity (Wildman–Crippen MR) is 59.1 cm³/mol. The van der Waals surface area contributed by atoms with E-state index in [0.717, 1.165) is 31.3 Å². The lowest BCUT2D eigenvalue weighted by atomic mass is 10.1. The van der Waals surface area contributed by atoms with E-state index < -0.39 is 0 Å². The Morgan fingerprint density at radius 2 is 1.86 bits per heavy atom. The molecule has 0 aliphatic rings. The molecule has 82 valence electrons. The molecule has 0 radical (unpaired) electrons. The maximum Gasteiger partial charge on any atom is 0.330 e. The quantitative estimate of drug-likeness (QED) is 0.482. The van der Waals surface area contributed by atoms with Crippen molar-refractivity contribution in [1.82, 2.24) is 0 Å². The number of ether oxygens (including phenoxy) is 1. The van der Waals surface area contributed by atoms with E-state index in [-0.39, 0.29) is 12.1 Å². The molecule has 14 heavy (non-hydrogen) atoms. The fourth-order valence-electron chi connectivity index (χ4n) is 1.32. The Morgan fingerprint density at radius 3 is 2.29 bits per heavy atom. The van der Waals surface area contributed by atoms with Crippen LogP contribution in [0.2, 0.25) is 0 Å². The largest absolute Gasteiger partial charge is 0.460 e. The molecular weight excluding hydrogens is 176 g/mol. The summed E-state index contributed by atoms with van der Waals surface area (Å²) >= 11 is 0. The number of carbonyl (C=O) groups excluding carboxylic acids is 1. The van der Waals surface area contributed by atoms with Crippen molar-refractivity contribution in [3.63, 3.8) is 0 Å². The highest BCUT2D eigenvalue weighted by Gasteiger charge is 2.06. The summed E-state index contributed by atoms with van der Waals surface area (Å²) < 4.78 is 5.21. The Balaban J connectivity index is 4.01. The summed E-state index contributed by atoms with van der Waals surface area (Å²) in [6.45, 7) is 8.13. The van der Waals surface area contributed by atoms with Crippen LogP contribution in [-0.4, -0.2) is 12.1 Å². The van der Waals surface area contributed by atoms with E-state index in [1.165, 1.54) is 0 Å². The van der Waals surface area contributed by atoms with Crippen molar-refractivity contribution in [2.75, 3.05) is 0 Å². The molecule has 0 amide bonds. The van der Waals surface area contributed by atoms with E-state index >= 15 is 0 Å². The number of allylic oxidation sites excluding steroid dienone is 1. The van der Waals surface area contributed by atoms with Crippen molar-refractivity contribution in [2.24, 2.45) is 0 Å². The molecule has 0 heterocycles. The van der Waals surface area contributed by atoms with E-state index in [1.807, 2.05) is 6.92 Å². The zero-order valence-corrected chi connectivity index (χ0v) is 9.80. The fraction of sp³-hybridized carbons (Fsp3) is 0.750. The van der Waals surface area contributed by atoms with Crippen molar-refractivity contribution < 1.29 is 9.53 Å². The smallest absolute Gasteiger partial charge is 0.330 e. The predicted octanol–water partition coefficient (Wildman–Crippen LogP) is 3.46.